The quantitative estimate of drug-likeness (QED) is 0.888. The first kappa shape index (κ1) is 14.7. The minimum absolute atomic E-state index is 0.0360. The van der Waals surface area contributed by atoms with Crippen LogP contribution in [0.4, 0.5) is 0 Å². The minimum Gasteiger partial charge on any atom is -0.265 e. The van der Waals surface area contributed by atoms with Crippen LogP contribution in [-0.4, -0.2) is 19.2 Å². The van der Waals surface area contributed by atoms with Crippen LogP contribution in [0.5, 0.6) is 0 Å². The van der Waals surface area contributed by atoms with Crippen LogP contribution >= 0.6 is 0 Å². The summed E-state index contributed by atoms with van der Waals surface area (Å²) in [6.07, 6.45) is 3.30. The number of pyridine rings is 1. The minimum atomic E-state index is -3.30. The summed E-state index contributed by atoms with van der Waals surface area (Å²) in [5, 5.41) is 0. The number of rotatable bonds is 6. The molecule has 0 saturated carbocycles. The molecule has 0 aliphatic carbocycles. The lowest BCUT2D eigenvalue weighted by Gasteiger charge is -2.13. The van der Waals surface area contributed by atoms with E-state index < -0.39 is 10.0 Å². The van der Waals surface area contributed by atoms with Gasteiger partial charge in [0.15, 0.2) is 0 Å². The van der Waals surface area contributed by atoms with E-state index in [1.807, 2.05) is 37.3 Å². The van der Waals surface area contributed by atoms with Gasteiger partial charge in [-0.25, -0.2) is 13.1 Å². The molecule has 0 spiro atoms. The summed E-state index contributed by atoms with van der Waals surface area (Å²) < 4.78 is 26.7. The lowest BCUT2D eigenvalue weighted by Crippen LogP contribution is -2.28. The number of nitrogens with one attached hydrogen (secondary N) is 1. The first-order chi connectivity index (χ1) is 9.57. The van der Waals surface area contributed by atoms with Crippen molar-refractivity contribution in [2.24, 2.45) is 0 Å². The Balaban J connectivity index is 1.94. The molecule has 1 atom stereocenters. The molecule has 0 amide bonds. The van der Waals surface area contributed by atoms with Crippen LogP contribution in [0.3, 0.4) is 0 Å². The molecule has 0 bridgehead atoms. The summed E-state index contributed by atoms with van der Waals surface area (Å²) >= 11 is 0. The SMILES string of the molecule is C[C@H](CS(=O)(=O)NCc1ccncc1)c1ccccc1. The second-order valence-electron chi connectivity index (χ2n) is 4.77. The van der Waals surface area contributed by atoms with Crippen molar-refractivity contribution in [3.63, 3.8) is 0 Å². The molecule has 0 fully saturated rings. The van der Waals surface area contributed by atoms with E-state index in [9.17, 15) is 8.42 Å². The fourth-order valence-electron chi connectivity index (χ4n) is 1.96. The van der Waals surface area contributed by atoms with Crippen molar-refractivity contribution in [3.8, 4) is 0 Å². The van der Waals surface area contributed by atoms with Gasteiger partial charge in [0.2, 0.25) is 10.0 Å². The van der Waals surface area contributed by atoms with Crippen LogP contribution in [0, 0.1) is 0 Å². The molecule has 5 heteroatoms. The molecule has 2 rings (SSSR count). The molecule has 2 aromatic rings. The van der Waals surface area contributed by atoms with Crippen molar-refractivity contribution < 1.29 is 8.42 Å². The summed E-state index contributed by atoms with van der Waals surface area (Å²) in [5.41, 5.74) is 1.93. The molecule has 0 radical (unpaired) electrons. The summed E-state index contributed by atoms with van der Waals surface area (Å²) in [4.78, 5) is 3.90. The number of benzene rings is 1. The standard InChI is InChI=1S/C15H18N2O2S/c1-13(15-5-3-2-4-6-15)12-20(18,19)17-11-14-7-9-16-10-8-14/h2-10,13,17H,11-12H2,1H3/t13-/m1/s1. The third-order valence-electron chi connectivity index (χ3n) is 3.08. The lowest BCUT2D eigenvalue weighted by molar-refractivity contribution is 0.575. The Labute approximate surface area is 119 Å². The van der Waals surface area contributed by atoms with Crippen molar-refractivity contribution >= 4 is 10.0 Å². The van der Waals surface area contributed by atoms with Gasteiger partial charge in [-0.3, -0.25) is 4.98 Å². The predicted octanol–water partition coefficient (Wildman–Crippen LogP) is 2.30. The van der Waals surface area contributed by atoms with E-state index in [4.69, 9.17) is 0 Å². The Morgan fingerprint density at radius 1 is 1.10 bits per heavy atom. The first-order valence-electron chi connectivity index (χ1n) is 6.48. The molecular formula is C15H18N2O2S. The highest BCUT2D eigenvalue weighted by Crippen LogP contribution is 2.16. The molecule has 106 valence electrons. The normalized spacial score (nSPS) is 13.1. The third kappa shape index (κ3) is 4.43. The van der Waals surface area contributed by atoms with Gasteiger partial charge in [0.25, 0.3) is 0 Å². The van der Waals surface area contributed by atoms with Gasteiger partial charge in [-0.15, -0.1) is 0 Å². The second-order valence-corrected chi connectivity index (χ2v) is 6.62. The molecule has 1 aromatic heterocycles. The van der Waals surface area contributed by atoms with E-state index in [2.05, 4.69) is 9.71 Å². The summed E-state index contributed by atoms with van der Waals surface area (Å²) in [6.45, 7) is 2.22. The van der Waals surface area contributed by atoms with Crippen LogP contribution in [0.1, 0.15) is 24.0 Å². The molecule has 20 heavy (non-hydrogen) atoms. The highest BCUT2D eigenvalue weighted by molar-refractivity contribution is 7.89. The molecule has 1 N–H and O–H groups in total. The average molecular weight is 290 g/mol. The van der Waals surface area contributed by atoms with E-state index in [1.54, 1.807) is 24.5 Å². The monoisotopic (exact) mass is 290 g/mol. The highest BCUT2D eigenvalue weighted by atomic mass is 32.2. The number of hydrogen-bond donors (Lipinski definition) is 1. The van der Waals surface area contributed by atoms with Crippen molar-refractivity contribution in [3.05, 3.63) is 66.0 Å². The van der Waals surface area contributed by atoms with Crippen LogP contribution in [0.2, 0.25) is 0 Å². The summed E-state index contributed by atoms with van der Waals surface area (Å²) in [5.74, 6) is 0.0494. The molecule has 0 aliphatic heterocycles. The Kier molecular flexibility index (Phi) is 4.87. The van der Waals surface area contributed by atoms with Crippen molar-refractivity contribution in [2.75, 3.05) is 5.75 Å². The van der Waals surface area contributed by atoms with Crippen molar-refractivity contribution in [2.45, 2.75) is 19.4 Å². The largest absolute Gasteiger partial charge is 0.265 e. The van der Waals surface area contributed by atoms with Gasteiger partial charge in [-0.05, 0) is 29.2 Å². The number of nitrogens with zero attached hydrogens (tertiary/aromatic N) is 1. The van der Waals surface area contributed by atoms with E-state index in [1.165, 1.54) is 0 Å². The van der Waals surface area contributed by atoms with Gasteiger partial charge in [-0.1, -0.05) is 37.3 Å². The maximum absolute atomic E-state index is 12.1. The van der Waals surface area contributed by atoms with Gasteiger partial charge in [0.1, 0.15) is 0 Å². The van der Waals surface area contributed by atoms with E-state index >= 15 is 0 Å². The Morgan fingerprint density at radius 3 is 2.40 bits per heavy atom. The summed E-state index contributed by atoms with van der Waals surface area (Å²) in [6, 6.07) is 13.2. The van der Waals surface area contributed by atoms with Crippen LogP contribution in [0.15, 0.2) is 54.9 Å². The van der Waals surface area contributed by atoms with Crippen LogP contribution < -0.4 is 4.72 Å². The molecule has 1 aromatic carbocycles. The number of hydrogen-bond acceptors (Lipinski definition) is 3. The Morgan fingerprint density at radius 2 is 1.75 bits per heavy atom. The van der Waals surface area contributed by atoms with Gasteiger partial charge >= 0.3 is 0 Å². The maximum atomic E-state index is 12.1. The van der Waals surface area contributed by atoms with E-state index in [0.29, 0.717) is 6.54 Å². The summed E-state index contributed by atoms with van der Waals surface area (Å²) in [7, 11) is -3.30. The maximum Gasteiger partial charge on any atom is 0.212 e. The van der Waals surface area contributed by atoms with Crippen molar-refractivity contribution in [1.29, 1.82) is 0 Å². The van der Waals surface area contributed by atoms with Gasteiger partial charge < -0.3 is 0 Å². The number of aromatic nitrogens is 1. The fraction of sp³-hybridized carbons (Fsp3) is 0.267. The number of sulfonamides is 1. The van der Waals surface area contributed by atoms with E-state index in [-0.39, 0.29) is 11.7 Å². The van der Waals surface area contributed by atoms with Gasteiger partial charge in [-0.2, -0.15) is 0 Å². The molecular weight excluding hydrogens is 272 g/mol. The average Bonchev–Trinajstić information content (AvgIpc) is 2.47. The zero-order valence-corrected chi connectivity index (χ0v) is 12.2. The lowest BCUT2D eigenvalue weighted by atomic mass is 10.0. The molecule has 0 saturated heterocycles. The van der Waals surface area contributed by atoms with Gasteiger partial charge in [0.05, 0.1) is 5.75 Å². The first-order valence-corrected chi connectivity index (χ1v) is 8.13. The van der Waals surface area contributed by atoms with Crippen LogP contribution in [-0.2, 0) is 16.6 Å². The Bertz CT molecular complexity index is 627. The van der Waals surface area contributed by atoms with Crippen LogP contribution in [0.25, 0.3) is 0 Å². The molecule has 1 heterocycles. The fourth-order valence-corrected chi connectivity index (χ4v) is 3.31. The third-order valence-corrected chi connectivity index (χ3v) is 4.61. The predicted molar refractivity (Wildman–Crippen MR) is 79.7 cm³/mol. The zero-order valence-electron chi connectivity index (χ0n) is 11.4. The second kappa shape index (κ2) is 6.63. The smallest absolute Gasteiger partial charge is 0.212 e. The van der Waals surface area contributed by atoms with E-state index in [0.717, 1.165) is 11.1 Å². The topological polar surface area (TPSA) is 59.1 Å². The Hall–Kier alpha value is -1.72. The molecule has 0 aliphatic rings. The highest BCUT2D eigenvalue weighted by Gasteiger charge is 2.16. The zero-order chi connectivity index (χ0) is 14.4. The van der Waals surface area contributed by atoms with Gasteiger partial charge in [0, 0.05) is 18.9 Å². The van der Waals surface area contributed by atoms with Crippen molar-refractivity contribution in [1.82, 2.24) is 9.71 Å². The molecule has 0 unspecified atom stereocenters. The molecule has 4 nitrogen and oxygen atoms in total.